The number of carbonyl (C=O) groups is 1. The minimum atomic E-state index is -3.32. The number of aromatic nitrogens is 1. The van der Waals surface area contributed by atoms with Crippen LogP contribution in [0.4, 0.5) is 5.13 Å². The van der Waals surface area contributed by atoms with Crippen LogP contribution in [-0.2, 0) is 27.8 Å². The highest BCUT2D eigenvalue weighted by atomic mass is 32.2. The summed E-state index contributed by atoms with van der Waals surface area (Å²) in [5.74, 6) is 0.638. The Morgan fingerprint density at radius 1 is 1.45 bits per heavy atom. The molecule has 8 heteroatoms. The molecule has 1 N–H and O–H groups in total. The van der Waals surface area contributed by atoms with Gasteiger partial charge in [-0.05, 0) is 25.7 Å². The van der Waals surface area contributed by atoms with Gasteiger partial charge in [0.25, 0.3) is 0 Å². The second-order valence-corrected chi connectivity index (χ2v) is 8.77. The fraction of sp³-hybridized carbons (Fsp3) is 0.571. The number of allylic oxidation sites excluding steroid dienone is 1. The Balaban J connectivity index is 1.70. The molecule has 0 saturated heterocycles. The van der Waals surface area contributed by atoms with Crippen LogP contribution in [0.2, 0.25) is 0 Å². The van der Waals surface area contributed by atoms with E-state index in [0.29, 0.717) is 30.6 Å². The number of sulfonamides is 1. The number of rotatable bonds is 4. The summed E-state index contributed by atoms with van der Waals surface area (Å²) >= 11 is 1.30. The van der Waals surface area contributed by atoms with Crippen LogP contribution in [0.15, 0.2) is 11.6 Å². The maximum atomic E-state index is 12.3. The second kappa shape index (κ2) is 5.66. The lowest BCUT2D eigenvalue weighted by Gasteiger charge is -2.25. The van der Waals surface area contributed by atoms with Crippen LogP contribution < -0.4 is 4.72 Å². The molecule has 1 aromatic heterocycles. The molecule has 1 aliphatic heterocycles. The van der Waals surface area contributed by atoms with Gasteiger partial charge in [0.2, 0.25) is 15.9 Å². The van der Waals surface area contributed by atoms with Gasteiger partial charge in [0.1, 0.15) is 0 Å². The molecule has 1 aromatic rings. The average molecular weight is 341 g/mol. The summed E-state index contributed by atoms with van der Waals surface area (Å²) in [6.45, 7) is 3.15. The molecule has 0 unspecified atom stereocenters. The van der Waals surface area contributed by atoms with Crippen LogP contribution in [0.3, 0.4) is 0 Å². The number of thiazole rings is 1. The van der Waals surface area contributed by atoms with E-state index in [1.54, 1.807) is 11.0 Å². The molecular formula is C14H19N3O3S2. The molecule has 2 heterocycles. The maximum Gasteiger partial charge on any atom is 0.246 e. The summed E-state index contributed by atoms with van der Waals surface area (Å²) in [5, 5.41) is 0.381. The molecule has 1 saturated carbocycles. The molecule has 22 heavy (non-hydrogen) atoms. The quantitative estimate of drug-likeness (QED) is 0.846. The Labute approximate surface area is 134 Å². The zero-order valence-corrected chi connectivity index (χ0v) is 14.3. The topological polar surface area (TPSA) is 79.4 Å². The summed E-state index contributed by atoms with van der Waals surface area (Å²) in [4.78, 5) is 19.4. The monoisotopic (exact) mass is 341 g/mol. The van der Waals surface area contributed by atoms with Crippen molar-refractivity contribution in [2.75, 3.05) is 17.5 Å². The van der Waals surface area contributed by atoms with E-state index in [-0.39, 0.29) is 5.91 Å². The molecule has 0 atom stereocenters. The summed E-state index contributed by atoms with van der Waals surface area (Å²) in [6, 6.07) is 0. The number of amides is 1. The first-order valence-electron chi connectivity index (χ1n) is 7.25. The van der Waals surface area contributed by atoms with E-state index in [1.807, 2.05) is 6.92 Å². The fourth-order valence-corrected chi connectivity index (χ4v) is 4.39. The van der Waals surface area contributed by atoms with Gasteiger partial charge in [-0.2, -0.15) is 0 Å². The van der Waals surface area contributed by atoms with Crippen molar-refractivity contribution < 1.29 is 13.2 Å². The molecule has 0 bridgehead atoms. The third kappa shape index (κ3) is 3.67. The van der Waals surface area contributed by atoms with Gasteiger partial charge < -0.3 is 4.90 Å². The van der Waals surface area contributed by atoms with Crippen molar-refractivity contribution in [3.63, 3.8) is 0 Å². The largest absolute Gasteiger partial charge is 0.334 e. The first kappa shape index (κ1) is 15.5. The summed E-state index contributed by atoms with van der Waals surface area (Å²) in [7, 11) is -3.32. The maximum absolute atomic E-state index is 12.3. The van der Waals surface area contributed by atoms with E-state index < -0.39 is 10.0 Å². The Kier molecular flexibility index (Phi) is 3.98. The summed E-state index contributed by atoms with van der Waals surface area (Å²) in [6.07, 6.45) is 5.90. The number of hydrogen-bond donors (Lipinski definition) is 1. The lowest BCUT2D eigenvalue weighted by Crippen LogP contribution is -2.34. The van der Waals surface area contributed by atoms with E-state index >= 15 is 0 Å². The molecular weight excluding hydrogens is 322 g/mol. The van der Waals surface area contributed by atoms with Crippen LogP contribution in [0.1, 0.15) is 30.3 Å². The van der Waals surface area contributed by atoms with Crippen LogP contribution in [-0.4, -0.2) is 37.0 Å². The zero-order valence-electron chi connectivity index (χ0n) is 12.6. The molecule has 2 aliphatic rings. The Morgan fingerprint density at radius 2 is 2.18 bits per heavy atom. The van der Waals surface area contributed by atoms with Gasteiger partial charge in [-0.15, -0.1) is 0 Å². The van der Waals surface area contributed by atoms with E-state index in [9.17, 15) is 13.2 Å². The molecule has 1 amide bonds. The first-order valence-corrected chi connectivity index (χ1v) is 9.96. The third-order valence-electron chi connectivity index (χ3n) is 3.89. The molecule has 0 spiro atoms. The van der Waals surface area contributed by atoms with Crippen molar-refractivity contribution in [1.29, 1.82) is 0 Å². The van der Waals surface area contributed by atoms with Crippen molar-refractivity contribution in [3.8, 4) is 0 Å². The highest BCUT2D eigenvalue weighted by Gasteiger charge is 2.27. The van der Waals surface area contributed by atoms with Crippen LogP contribution in [0.25, 0.3) is 0 Å². The number of carbonyl (C=O) groups excluding carboxylic acids is 1. The van der Waals surface area contributed by atoms with Gasteiger partial charge in [-0.25, -0.2) is 13.4 Å². The van der Waals surface area contributed by atoms with E-state index in [2.05, 4.69) is 9.71 Å². The lowest BCUT2D eigenvalue weighted by molar-refractivity contribution is -0.126. The molecule has 3 rings (SSSR count). The number of anilines is 1. The molecule has 0 radical (unpaired) electrons. The second-order valence-electron chi connectivity index (χ2n) is 5.94. The van der Waals surface area contributed by atoms with Crippen molar-refractivity contribution in [2.45, 2.75) is 32.7 Å². The minimum absolute atomic E-state index is 0.0427. The number of fused-ring (bicyclic) bond motifs is 1. The first-order chi connectivity index (χ1) is 10.3. The molecule has 6 nitrogen and oxygen atoms in total. The number of nitrogens with zero attached hydrogens (tertiary/aromatic N) is 2. The van der Waals surface area contributed by atoms with Crippen LogP contribution in [0.5, 0.6) is 0 Å². The zero-order chi connectivity index (χ0) is 15.9. The summed E-state index contributed by atoms with van der Waals surface area (Å²) < 4.78 is 24.9. The van der Waals surface area contributed by atoms with Gasteiger partial charge in [-0.3, -0.25) is 9.52 Å². The molecule has 120 valence electrons. The van der Waals surface area contributed by atoms with Gasteiger partial charge in [0, 0.05) is 23.9 Å². The number of hydrogen-bond acceptors (Lipinski definition) is 5. The smallest absolute Gasteiger partial charge is 0.246 e. The average Bonchev–Trinajstić information content (AvgIpc) is 3.17. The van der Waals surface area contributed by atoms with Crippen LogP contribution >= 0.6 is 11.3 Å². The highest BCUT2D eigenvalue weighted by molar-refractivity contribution is 7.92. The van der Waals surface area contributed by atoms with Gasteiger partial charge in [-0.1, -0.05) is 16.9 Å². The molecule has 0 aromatic carbocycles. The van der Waals surface area contributed by atoms with E-state index in [0.717, 1.165) is 16.8 Å². The summed E-state index contributed by atoms with van der Waals surface area (Å²) in [5.41, 5.74) is 2.06. The van der Waals surface area contributed by atoms with Gasteiger partial charge in [0.05, 0.1) is 18.5 Å². The predicted octanol–water partition coefficient (Wildman–Crippen LogP) is 1.76. The molecule has 1 fully saturated rings. The SMILES string of the molecule is C/C(=C\C(=O)N1CCc2nc(NS(C)(=O)=O)sc2C1)C1CC1. The van der Waals surface area contributed by atoms with E-state index in [4.69, 9.17) is 0 Å². The fourth-order valence-electron chi connectivity index (χ4n) is 2.53. The lowest BCUT2D eigenvalue weighted by atomic mass is 10.1. The standard InChI is InChI=1S/C14H19N3O3S2/c1-9(10-3-4-10)7-13(18)17-6-5-11-12(8-17)21-14(15-11)16-22(2,19)20/h7,10H,3-6,8H2,1-2H3,(H,15,16)/b9-7+. The van der Waals surface area contributed by atoms with Crippen molar-refractivity contribution in [3.05, 3.63) is 22.2 Å². The highest BCUT2D eigenvalue weighted by Crippen LogP contribution is 2.36. The Morgan fingerprint density at radius 3 is 2.82 bits per heavy atom. The predicted molar refractivity (Wildman–Crippen MR) is 86.2 cm³/mol. The molecule has 1 aliphatic carbocycles. The third-order valence-corrected chi connectivity index (χ3v) is 5.58. The minimum Gasteiger partial charge on any atom is -0.334 e. The van der Waals surface area contributed by atoms with Gasteiger partial charge in [0.15, 0.2) is 5.13 Å². The van der Waals surface area contributed by atoms with Crippen molar-refractivity contribution >= 4 is 32.4 Å². The van der Waals surface area contributed by atoms with Crippen molar-refractivity contribution in [1.82, 2.24) is 9.88 Å². The normalized spacial score (nSPS) is 19.0. The van der Waals surface area contributed by atoms with Crippen LogP contribution in [0, 0.1) is 5.92 Å². The number of nitrogens with one attached hydrogen (secondary N) is 1. The Bertz CT molecular complexity index is 733. The van der Waals surface area contributed by atoms with E-state index in [1.165, 1.54) is 29.8 Å². The van der Waals surface area contributed by atoms with Gasteiger partial charge >= 0.3 is 0 Å². The van der Waals surface area contributed by atoms with Crippen molar-refractivity contribution in [2.24, 2.45) is 5.92 Å². The Hall–Kier alpha value is -1.41.